The van der Waals surface area contributed by atoms with E-state index in [1.54, 1.807) is 13.0 Å². The molecule has 1 aliphatic carbocycles. The van der Waals surface area contributed by atoms with Crippen molar-refractivity contribution in [3.63, 3.8) is 0 Å². The molecule has 3 N–H and O–H groups in total. The van der Waals surface area contributed by atoms with Gasteiger partial charge in [0.25, 0.3) is 5.56 Å². The summed E-state index contributed by atoms with van der Waals surface area (Å²) in [6.07, 6.45) is 8.00. The summed E-state index contributed by atoms with van der Waals surface area (Å²) < 4.78 is 1.21. The number of amides is 1. The Balaban J connectivity index is 1.78. The number of aromatic nitrogens is 2. The topological polar surface area (TPSA) is 90.0 Å². The molecule has 0 spiro atoms. The molecule has 0 unspecified atom stereocenters. The van der Waals surface area contributed by atoms with E-state index in [0.29, 0.717) is 5.69 Å². The summed E-state index contributed by atoms with van der Waals surface area (Å²) in [6, 6.07) is 4.89. The average molecular weight is 375 g/mol. The highest BCUT2D eigenvalue weighted by molar-refractivity contribution is 7.13. The van der Waals surface area contributed by atoms with E-state index in [2.05, 4.69) is 10.4 Å². The van der Waals surface area contributed by atoms with Gasteiger partial charge in [-0.1, -0.05) is 38.2 Å². The second kappa shape index (κ2) is 8.49. The Morgan fingerprint density at radius 2 is 2.00 bits per heavy atom. The van der Waals surface area contributed by atoms with E-state index < -0.39 is 11.6 Å². The van der Waals surface area contributed by atoms with Crippen molar-refractivity contribution in [2.75, 3.05) is 5.73 Å². The summed E-state index contributed by atoms with van der Waals surface area (Å²) in [5.41, 5.74) is 6.18. The largest absolute Gasteiger partial charge is 0.394 e. The number of carbonyl (C=O) groups excluding carboxylic acids is 1. The van der Waals surface area contributed by atoms with Gasteiger partial charge < -0.3 is 11.1 Å². The molecule has 26 heavy (non-hydrogen) atoms. The van der Waals surface area contributed by atoms with E-state index in [0.717, 1.165) is 30.6 Å². The highest BCUT2D eigenvalue weighted by Crippen LogP contribution is 2.23. The van der Waals surface area contributed by atoms with Crippen molar-refractivity contribution in [2.24, 2.45) is 0 Å². The van der Waals surface area contributed by atoms with Crippen molar-refractivity contribution >= 4 is 22.9 Å². The smallest absolute Gasteiger partial charge is 0.290 e. The number of hydrogen-bond acceptors (Lipinski definition) is 5. The normalized spacial score (nSPS) is 17.3. The van der Waals surface area contributed by atoms with Crippen LogP contribution in [0.25, 0.3) is 10.6 Å². The van der Waals surface area contributed by atoms with Crippen LogP contribution in [0, 0.1) is 0 Å². The van der Waals surface area contributed by atoms with Crippen LogP contribution in [0.3, 0.4) is 0 Å². The Labute approximate surface area is 157 Å². The van der Waals surface area contributed by atoms with E-state index in [1.807, 2.05) is 17.5 Å². The number of thiophene rings is 1. The quantitative estimate of drug-likeness (QED) is 0.859. The fourth-order valence-electron chi connectivity index (χ4n) is 3.37. The molecule has 1 saturated carbocycles. The molecule has 2 heterocycles. The summed E-state index contributed by atoms with van der Waals surface area (Å²) >= 11 is 1.52. The molecule has 1 fully saturated rings. The van der Waals surface area contributed by atoms with Crippen molar-refractivity contribution in [2.45, 2.75) is 64.0 Å². The van der Waals surface area contributed by atoms with E-state index in [-0.39, 0.29) is 17.6 Å². The van der Waals surface area contributed by atoms with Gasteiger partial charge in [0.2, 0.25) is 5.91 Å². The second-order valence-electron chi connectivity index (χ2n) is 6.94. The molecule has 1 atom stereocenters. The Kier molecular flexibility index (Phi) is 6.08. The molecule has 1 amide bonds. The summed E-state index contributed by atoms with van der Waals surface area (Å²) in [4.78, 5) is 26.1. The second-order valence-corrected chi connectivity index (χ2v) is 7.89. The third-order valence-electron chi connectivity index (χ3n) is 4.93. The Morgan fingerprint density at radius 1 is 1.31 bits per heavy atom. The Bertz CT molecular complexity index is 792. The predicted molar refractivity (Wildman–Crippen MR) is 105 cm³/mol. The molecular formula is C19H26N4O2S. The third-order valence-corrected chi connectivity index (χ3v) is 5.83. The summed E-state index contributed by atoms with van der Waals surface area (Å²) in [6.45, 7) is 1.70. The number of rotatable bonds is 4. The third kappa shape index (κ3) is 4.33. The number of carbonyl (C=O) groups is 1. The SMILES string of the molecule is C[C@H](C(=O)NC1CCCCCCC1)n1nc(-c2cccs2)cc(N)c1=O. The highest BCUT2D eigenvalue weighted by atomic mass is 32.1. The molecular weight excluding hydrogens is 348 g/mol. The van der Waals surface area contributed by atoms with Gasteiger partial charge >= 0.3 is 0 Å². The van der Waals surface area contributed by atoms with Gasteiger partial charge in [0, 0.05) is 6.04 Å². The molecule has 0 saturated heterocycles. The molecule has 140 valence electrons. The first-order valence-corrected chi connectivity index (χ1v) is 10.2. The Morgan fingerprint density at radius 3 is 2.65 bits per heavy atom. The van der Waals surface area contributed by atoms with Crippen LogP contribution in [-0.4, -0.2) is 21.7 Å². The minimum Gasteiger partial charge on any atom is -0.394 e. The van der Waals surface area contributed by atoms with Crippen molar-refractivity contribution in [3.05, 3.63) is 33.9 Å². The zero-order valence-corrected chi connectivity index (χ0v) is 15.9. The minimum atomic E-state index is -0.699. The lowest BCUT2D eigenvalue weighted by molar-refractivity contribution is -0.125. The van der Waals surface area contributed by atoms with Crippen LogP contribution in [0.2, 0.25) is 0 Å². The van der Waals surface area contributed by atoms with Crippen LogP contribution in [-0.2, 0) is 4.79 Å². The zero-order valence-electron chi connectivity index (χ0n) is 15.1. The van der Waals surface area contributed by atoms with Crippen LogP contribution in [0.4, 0.5) is 5.69 Å². The monoisotopic (exact) mass is 374 g/mol. The Hall–Kier alpha value is -2.15. The molecule has 0 aromatic carbocycles. The predicted octanol–water partition coefficient (Wildman–Crippen LogP) is 3.34. The van der Waals surface area contributed by atoms with Crippen LogP contribution >= 0.6 is 11.3 Å². The molecule has 6 nitrogen and oxygen atoms in total. The van der Waals surface area contributed by atoms with Crippen LogP contribution < -0.4 is 16.6 Å². The number of hydrogen-bond donors (Lipinski definition) is 2. The highest BCUT2D eigenvalue weighted by Gasteiger charge is 2.22. The van der Waals surface area contributed by atoms with E-state index in [1.165, 1.54) is 35.3 Å². The minimum absolute atomic E-state index is 0.106. The fraction of sp³-hybridized carbons (Fsp3) is 0.526. The van der Waals surface area contributed by atoms with E-state index in [4.69, 9.17) is 5.73 Å². The van der Waals surface area contributed by atoms with Gasteiger partial charge in [-0.05, 0) is 37.3 Å². The lowest BCUT2D eigenvalue weighted by Gasteiger charge is -2.23. The zero-order chi connectivity index (χ0) is 18.5. The van der Waals surface area contributed by atoms with Crippen LogP contribution in [0.15, 0.2) is 28.4 Å². The average Bonchev–Trinajstić information content (AvgIpc) is 3.13. The van der Waals surface area contributed by atoms with Crippen LogP contribution in [0.5, 0.6) is 0 Å². The van der Waals surface area contributed by atoms with Gasteiger partial charge in [0.05, 0.1) is 4.88 Å². The van der Waals surface area contributed by atoms with Gasteiger partial charge in [-0.3, -0.25) is 9.59 Å². The molecule has 7 heteroatoms. The van der Waals surface area contributed by atoms with Crippen molar-refractivity contribution in [3.8, 4) is 10.6 Å². The molecule has 3 rings (SSSR count). The van der Waals surface area contributed by atoms with Crippen LogP contribution in [0.1, 0.15) is 57.9 Å². The van der Waals surface area contributed by atoms with E-state index in [9.17, 15) is 9.59 Å². The first-order valence-electron chi connectivity index (χ1n) is 9.30. The van der Waals surface area contributed by atoms with Gasteiger partial charge in [0.1, 0.15) is 17.4 Å². The lowest BCUT2D eigenvalue weighted by Crippen LogP contribution is -2.42. The van der Waals surface area contributed by atoms with Gasteiger partial charge in [-0.15, -0.1) is 11.3 Å². The molecule has 2 aromatic rings. The number of anilines is 1. The fourth-order valence-corrected chi connectivity index (χ4v) is 4.05. The molecule has 0 aliphatic heterocycles. The molecule has 0 radical (unpaired) electrons. The maximum atomic E-state index is 12.7. The van der Waals surface area contributed by atoms with E-state index >= 15 is 0 Å². The number of nitrogen functional groups attached to an aromatic ring is 1. The maximum absolute atomic E-state index is 12.7. The number of nitrogens with one attached hydrogen (secondary N) is 1. The summed E-state index contributed by atoms with van der Waals surface area (Å²) in [5, 5.41) is 9.44. The standard InChI is InChI=1S/C19H26N4O2S/c1-13(18(24)21-14-8-5-3-2-4-6-9-14)23-19(25)15(20)12-16(22-23)17-10-7-11-26-17/h7,10-14H,2-6,8-9,20H2,1H3,(H,21,24)/t13-/m1/s1. The van der Waals surface area contributed by atoms with Gasteiger partial charge in [-0.25, -0.2) is 4.68 Å². The summed E-state index contributed by atoms with van der Waals surface area (Å²) in [5.74, 6) is -0.173. The molecule has 0 bridgehead atoms. The van der Waals surface area contributed by atoms with Crippen molar-refractivity contribution in [1.29, 1.82) is 0 Å². The first-order chi connectivity index (χ1) is 12.6. The van der Waals surface area contributed by atoms with Gasteiger partial charge in [0.15, 0.2) is 0 Å². The van der Waals surface area contributed by atoms with Crippen molar-refractivity contribution in [1.82, 2.24) is 15.1 Å². The number of nitrogens with two attached hydrogens (primary N) is 1. The molecule has 1 aliphatic rings. The first kappa shape index (κ1) is 18.6. The summed E-state index contributed by atoms with van der Waals surface area (Å²) in [7, 11) is 0. The number of nitrogens with zero attached hydrogens (tertiary/aromatic N) is 2. The van der Waals surface area contributed by atoms with Crippen molar-refractivity contribution < 1.29 is 4.79 Å². The molecule has 2 aromatic heterocycles. The van der Waals surface area contributed by atoms with Gasteiger partial charge in [-0.2, -0.15) is 5.10 Å². The lowest BCUT2D eigenvalue weighted by atomic mass is 9.96. The maximum Gasteiger partial charge on any atom is 0.290 e.